The first kappa shape index (κ1) is 15.2. The third-order valence-electron chi connectivity index (χ3n) is 3.52. The fourth-order valence-electron chi connectivity index (χ4n) is 2.35. The summed E-state index contributed by atoms with van der Waals surface area (Å²) in [5, 5.41) is 16.8. The van der Waals surface area contributed by atoms with Crippen molar-refractivity contribution in [2.24, 2.45) is 0 Å². The fourth-order valence-corrected chi connectivity index (χ4v) is 2.52. The largest absolute Gasteiger partial charge is 0.504 e. The summed E-state index contributed by atoms with van der Waals surface area (Å²) < 4.78 is 6.54. The van der Waals surface area contributed by atoms with Crippen molar-refractivity contribution >= 4 is 11.6 Å². The van der Waals surface area contributed by atoms with E-state index in [1.165, 1.54) is 17.7 Å². The first-order chi connectivity index (χ1) is 11.0. The molecule has 3 rings (SSSR count). The third kappa shape index (κ3) is 2.68. The molecule has 7 heteroatoms. The average molecular weight is 332 g/mol. The lowest BCUT2D eigenvalue weighted by Crippen LogP contribution is -2.16. The number of phenols is 1. The normalized spacial score (nSPS) is 10.7. The molecule has 23 heavy (non-hydrogen) atoms. The Morgan fingerprint density at radius 3 is 2.78 bits per heavy atom. The van der Waals surface area contributed by atoms with E-state index in [-0.39, 0.29) is 11.4 Å². The summed E-state index contributed by atoms with van der Waals surface area (Å²) >= 11 is 6.05. The molecule has 0 aliphatic heterocycles. The maximum absolute atomic E-state index is 12.2. The lowest BCUT2D eigenvalue weighted by Gasteiger charge is -2.10. The van der Waals surface area contributed by atoms with Crippen molar-refractivity contribution in [3.05, 3.63) is 57.5 Å². The highest BCUT2D eigenvalue weighted by Crippen LogP contribution is 2.31. The number of ether oxygens (including phenoxy) is 1. The number of aromatic amines is 1. The van der Waals surface area contributed by atoms with Crippen molar-refractivity contribution in [3.8, 4) is 28.6 Å². The maximum Gasteiger partial charge on any atom is 0.348 e. The fraction of sp³-hybridized carbons (Fsp3) is 0.125. The van der Waals surface area contributed by atoms with Crippen LogP contribution in [-0.2, 0) is 0 Å². The van der Waals surface area contributed by atoms with Gasteiger partial charge in [0.05, 0.1) is 12.8 Å². The summed E-state index contributed by atoms with van der Waals surface area (Å²) in [5.41, 5.74) is 1.76. The minimum Gasteiger partial charge on any atom is -0.504 e. The molecule has 2 N–H and O–H groups in total. The summed E-state index contributed by atoms with van der Waals surface area (Å²) in [4.78, 5) is 12.2. The molecular weight excluding hydrogens is 318 g/mol. The van der Waals surface area contributed by atoms with E-state index < -0.39 is 0 Å². The minimum absolute atomic E-state index is 0.0135. The molecule has 0 radical (unpaired) electrons. The molecule has 1 heterocycles. The van der Waals surface area contributed by atoms with E-state index in [0.29, 0.717) is 27.8 Å². The Kier molecular flexibility index (Phi) is 3.83. The molecule has 0 aliphatic rings. The number of methoxy groups -OCH3 is 1. The number of nitrogens with one attached hydrogen (secondary N) is 1. The molecule has 6 nitrogen and oxygen atoms in total. The molecule has 0 amide bonds. The van der Waals surface area contributed by atoms with Gasteiger partial charge in [-0.2, -0.15) is 5.10 Å². The zero-order valence-corrected chi connectivity index (χ0v) is 13.3. The molecule has 0 aliphatic carbocycles. The van der Waals surface area contributed by atoms with Crippen LogP contribution in [0.3, 0.4) is 0 Å². The highest BCUT2D eigenvalue weighted by Gasteiger charge is 2.16. The van der Waals surface area contributed by atoms with Crippen LogP contribution in [0.5, 0.6) is 11.5 Å². The zero-order chi connectivity index (χ0) is 16.6. The van der Waals surface area contributed by atoms with Gasteiger partial charge in [0.2, 0.25) is 0 Å². The molecule has 1 aromatic heterocycles. The standard InChI is InChI=1S/C16H14ClN3O3/c1-9-3-5-11(17)8-12(9)20-15(18-19-16(20)22)10-4-6-13(21)14(7-10)23-2/h3-8,21H,1-2H3,(H,19,22). The molecule has 0 atom stereocenters. The number of H-pyrrole nitrogens is 1. The number of nitrogens with zero attached hydrogens (tertiary/aromatic N) is 2. The van der Waals surface area contributed by atoms with E-state index >= 15 is 0 Å². The van der Waals surface area contributed by atoms with Crippen molar-refractivity contribution in [2.75, 3.05) is 7.11 Å². The molecule has 0 fully saturated rings. The van der Waals surface area contributed by atoms with Gasteiger partial charge in [-0.25, -0.2) is 14.5 Å². The Balaban J connectivity index is 2.24. The van der Waals surface area contributed by atoms with Gasteiger partial charge in [-0.15, -0.1) is 0 Å². The Morgan fingerprint density at radius 2 is 2.04 bits per heavy atom. The van der Waals surface area contributed by atoms with Gasteiger partial charge in [0, 0.05) is 10.6 Å². The lowest BCUT2D eigenvalue weighted by atomic mass is 10.1. The smallest absolute Gasteiger partial charge is 0.348 e. The molecule has 3 aromatic rings. The van der Waals surface area contributed by atoms with E-state index in [0.717, 1.165) is 5.56 Å². The number of phenolic OH excluding ortho intramolecular Hbond substituents is 1. The highest BCUT2D eigenvalue weighted by atomic mass is 35.5. The van der Waals surface area contributed by atoms with Crippen LogP contribution in [0.2, 0.25) is 5.02 Å². The Hall–Kier alpha value is -2.73. The molecule has 118 valence electrons. The number of aryl methyl sites for hydroxylation is 1. The van der Waals surface area contributed by atoms with Crippen molar-refractivity contribution in [3.63, 3.8) is 0 Å². The van der Waals surface area contributed by atoms with Gasteiger partial charge in [-0.05, 0) is 42.8 Å². The van der Waals surface area contributed by atoms with E-state index in [1.807, 2.05) is 13.0 Å². The van der Waals surface area contributed by atoms with Gasteiger partial charge < -0.3 is 9.84 Å². The number of aromatic nitrogens is 3. The van der Waals surface area contributed by atoms with Crippen molar-refractivity contribution in [2.45, 2.75) is 6.92 Å². The minimum atomic E-state index is -0.377. The van der Waals surface area contributed by atoms with Crippen LogP contribution in [0.4, 0.5) is 0 Å². The monoisotopic (exact) mass is 331 g/mol. The van der Waals surface area contributed by atoms with Gasteiger partial charge in [-0.3, -0.25) is 0 Å². The quantitative estimate of drug-likeness (QED) is 0.773. The second kappa shape index (κ2) is 5.81. The summed E-state index contributed by atoms with van der Waals surface area (Å²) in [6.45, 7) is 1.88. The van der Waals surface area contributed by atoms with Crippen LogP contribution in [0, 0.1) is 6.92 Å². The Bertz CT molecular complexity index is 931. The predicted molar refractivity (Wildman–Crippen MR) is 87.6 cm³/mol. The van der Waals surface area contributed by atoms with Crippen LogP contribution in [0.15, 0.2) is 41.2 Å². The summed E-state index contributed by atoms with van der Waals surface area (Å²) in [5.74, 6) is 0.714. The number of aromatic hydroxyl groups is 1. The molecule has 0 spiro atoms. The van der Waals surface area contributed by atoms with Gasteiger partial charge in [-0.1, -0.05) is 17.7 Å². The average Bonchev–Trinajstić information content (AvgIpc) is 2.92. The van der Waals surface area contributed by atoms with Gasteiger partial charge in [0.15, 0.2) is 17.3 Å². The lowest BCUT2D eigenvalue weighted by molar-refractivity contribution is 0.373. The van der Waals surface area contributed by atoms with Gasteiger partial charge in [0.25, 0.3) is 0 Å². The van der Waals surface area contributed by atoms with E-state index in [4.69, 9.17) is 16.3 Å². The van der Waals surface area contributed by atoms with E-state index in [2.05, 4.69) is 10.2 Å². The van der Waals surface area contributed by atoms with Crippen molar-refractivity contribution in [1.29, 1.82) is 0 Å². The highest BCUT2D eigenvalue weighted by molar-refractivity contribution is 6.30. The van der Waals surface area contributed by atoms with Gasteiger partial charge in [0.1, 0.15) is 0 Å². The molecule has 0 saturated heterocycles. The predicted octanol–water partition coefficient (Wildman–Crippen LogP) is 2.90. The van der Waals surface area contributed by atoms with Crippen LogP contribution in [0.1, 0.15) is 5.56 Å². The molecular formula is C16H14ClN3O3. The van der Waals surface area contributed by atoms with Crippen LogP contribution >= 0.6 is 11.6 Å². The van der Waals surface area contributed by atoms with E-state index in [9.17, 15) is 9.90 Å². The second-order valence-corrected chi connectivity index (χ2v) is 5.44. The summed E-state index contributed by atoms with van der Waals surface area (Å²) in [6, 6.07) is 10.1. The molecule has 2 aromatic carbocycles. The number of rotatable bonds is 3. The molecule has 0 saturated carbocycles. The molecule has 0 unspecified atom stereocenters. The molecule has 0 bridgehead atoms. The topological polar surface area (TPSA) is 80.1 Å². The maximum atomic E-state index is 12.2. The number of benzene rings is 2. The van der Waals surface area contributed by atoms with Crippen LogP contribution in [-0.4, -0.2) is 27.0 Å². The number of hydrogen-bond acceptors (Lipinski definition) is 4. The zero-order valence-electron chi connectivity index (χ0n) is 12.5. The second-order valence-electron chi connectivity index (χ2n) is 5.01. The van der Waals surface area contributed by atoms with Gasteiger partial charge >= 0.3 is 5.69 Å². The Labute approximate surface area is 136 Å². The van der Waals surface area contributed by atoms with Crippen LogP contribution in [0.25, 0.3) is 17.1 Å². The SMILES string of the molecule is COc1cc(-c2n[nH]c(=O)n2-c2cc(Cl)ccc2C)ccc1O. The third-order valence-corrected chi connectivity index (χ3v) is 3.76. The summed E-state index contributed by atoms with van der Waals surface area (Å²) in [6.07, 6.45) is 0. The number of halogens is 1. The first-order valence-electron chi connectivity index (χ1n) is 6.82. The first-order valence-corrected chi connectivity index (χ1v) is 7.20. The van der Waals surface area contributed by atoms with E-state index in [1.54, 1.807) is 24.3 Å². The van der Waals surface area contributed by atoms with Crippen molar-refractivity contribution in [1.82, 2.24) is 14.8 Å². The van der Waals surface area contributed by atoms with Crippen molar-refractivity contribution < 1.29 is 9.84 Å². The Morgan fingerprint density at radius 1 is 1.26 bits per heavy atom. The number of hydrogen-bond donors (Lipinski definition) is 2. The van der Waals surface area contributed by atoms with Crippen LogP contribution < -0.4 is 10.4 Å². The summed E-state index contributed by atoms with van der Waals surface area (Å²) in [7, 11) is 1.46.